The minimum absolute atomic E-state index is 0.344. The molecule has 27 heavy (non-hydrogen) atoms. The lowest BCUT2D eigenvalue weighted by atomic mass is 9.95. The molecule has 1 aliphatic rings. The Morgan fingerprint density at radius 3 is 2.59 bits per heavy atom. The number of nitrogens with zero attached hydrogens (tertiary/aromatic N) is 3. The molecule has 8 heteroatoms. The number of allylic oxidation sites excluding steroid dienone is 1. The standard InChI is InChI=1S/C19H15ClFN5O/c1-10-15(17(22)27)16(13-4-2-3-5-14(13)20)26-19(23-10)24-18(25-26)11-6-8-12(21)9-7-11/h2-9,16H,1H3,(H2,22,27)(H,23,24,25)/t16-/m0/s1. The van der Waals surface area contributed by atoms with Crippen molar-refractivity contribution in [3.63, 3.8) is 0 Å². The lowest BCUT2D eigenvalue weighted by molar-refractivity contribution is -0.115. The molecule has 0 saturated carbocycles. The number of fused-ring (bicyclic) bond motifs is 1. The molecule has 0 saturated heterocycles. The van der Waals surface area contributed by atoms with Crippen LogP contribution in [-0.4, -0.2) is 20.7 Å². The summed E-state index contributed by atoms with van der Waals surface area (Å²) in [6, 6.07) is 12.4. The Balaban J connectivity index is 1.90. The fraction of sp³-hybridized carbons (Fsp3) is 0.105. The lowest BCUT2D eigenvalue weighted by Gasteiger charge is -2.28. The molecule has 0 unspecified atom stereocenters. The molecule has 1 amide bonds. The van der Waals surface area contributed by atoms with Gasteiger partial charge >= 0.3 is 0 Å². The van der Waals surface area contributed by atoms with Crippen LogP contribution in [0.3, 0.4) is 0 Å². The van der Waals surface area contributed by atoms with E-state index in [2.05, 4.69) is 15.4 Å². The molecule has 6 nitrogen and oxygen atoms in total. The number of halogens is 2. The number of amides is 1. The van der Waals surface area contributed by atoms with Crippen LogP contribution in [-0.2, 0) is 4.79 Å². The van der Waals surface area contributed by atoms with Crippen LogP contribution in [0.25, 0.3) is 11.4 Å². The Bertz CT molecular complexity index is 1070. The molecular weight excluding hydrogens is 369 g/mol. The fourth-order valence-corrected chi connectivity index (χ4v) is 3.41. The van der Waals surface area contributed by atoms with E-state index in [1.807, 2.05) is 12.1 Å². The first-order valence-electron chi connectivity index (χ1n) is 8.20. The second-order valence-corrected chi connectivity index (χ2v) is 6.57. The van der Waals surface area contributed by atoms with Gasteiger partial charge < -0.3 is 11.1 Å². The Morgan fingerprint density at radius 1 is 1.22 bits per heavy atom. The number of benzene rings is 2. The van der Waals surface area contributed by atoms with E-state index in [0.29, 0.717) is 39.2 Å². The van der Waals surface area contributed by atoms with Crippen LogP contribution in [0.15, 0.2) is 59.8 Å². The lowest BCUT2D eigenvalue weighted by Crippen LogP contribution is -2.32. The first kappa shape index (κ1) is 17.2. The monoisotopic (exact) mass is 383 g/mol. The second-order valence-electron chi connectivity index (χ2n) is 6.16. The third-order valence-corrected chi connectivity index (χ3v) is 4.76. The number of nitrogens with one attached hydrogen (secondary N) is 1. The molecule has 0 bridgehead atoms. The predicted octanol–water partition coefficient (Wildman–Crippen LogP) is 3.51. The minimum Gasteiger partial charge on any atom is -0.366 e. The third kappa shape index (κ3) is 2.96. The average molecular weight is 384 g/mol. The van der Waals surface area contributed by atoms with Crippen LogP contribution in [0, 0.1) is 5.82 Å². The van der Waals surface area contributed by atoms with Gasteiger partial charge in [0.25, 0.3) is 0 Å². The number of primary amides is 1. The Kier molecular flexibility index (Phi) is 4.16. The highest BCUT2D eigenvalue weighted by molar-refractivity contribution is 6.31. The minimum atomic E-state index is -0.617. The predicted molar refractivity (Wildman–Crippen MR) is 101 cm³/mol. The highest BCUT2D eigenvalue weighted by Gasteiger charge is 2.34. The molecule has 4 rings (SSSR count). The van der Waals surface area contributed by atoms with E-state index in [9.17, 15) is 9.18 Å². The van der Waals surface area contributed by atoms with Gasteiger partial charge in [-0.2, -0.15) is 4.98 Å². The van der Waals surface area contributed by atoms with Crippen LogP contribution in [0.1, 0.15) is 18.5 Å². The molecule has 1 atom stereocenters. The van der Waals surface area contributed by atoms with Crippen molar-refractivity contribution in [2.24, 2.45) is 5.73 Å². The van der Waals surface area contributed by atoms with Crippen molar-refractivity contribution >= 4 is 23.5 Å². The van der Waals surface area contributed by atoms with Gasteiger partial charge in [0.05, 0.1) is 5.57 Å². The molecule has 1 aromatic heterocycles. The fourth-order valence-electron chi connectivity index (χ4n) is 3.18. The molecule has 2 heterocycles. The first-order chi connectivity index (χ1) is 13.0. The zero-order valence-electron chi connectivity index (χ0n) is 14.3. The number of carbonyl (C=O) groups excluding carboxylic acids is 1. The van der Waals surface area contributed by atoms with Gasteiger partial charge in [-0.3, -0.25) is 4.79 Å². The number of hydrogen-bond donors (Lipinski definition) is 2. The number of carbonyl (C=O) groups is 1. The number of rotatable bonds is 3. The summed E-state index contributed by atoms with van der Waals surface area (Å²) in [5.41, 5.74) is 7.91. The zero-order chi connectivity index (χ0) is 19.1. The third-order valence-electron chi connectivity index (χ3n) is 4.42. The summed E-state index contributed by atoms with van der Waals surface area (Å²) >= 11 is 6.38. The highest BCUT2D eigenvalue weighted by Crippen LogP contribution is 2.38. The molecule has 0 radical (unpaired) electrons. The van der Waals surface area contributed by atoms with Gasteiger partial charge in [-0.25, -0.2) is 9.07 Å². The molecule has 0 aliphatic carbocycles. The zero-order valence-corrected chi connectivity index (χ0v) is 15.0. The van der Waals surface area contributed by atoms with Crippen LogP contribution >= 0.6 is 11.6 Å². The molecule has 0 fully saturated rings. The van der Waals surface area contributed by atoms with Crippen molar-refractivity contribution in [2.75, 3.05) is 5.32 Å². The summed E-state index contributed by atoms with van der Waals surface area (Å²) in [4.78, 5) is 16.7. The van der Waals surface area contributed by atoms with E-state index in [-0.39, 0.29) is 5.82 Å². The van der Waals surface area contributed by atoms with Gasteiger partial charge in [-0.15, -0.1) is 5.10 Å². The molecule has 0 spiro atoms. The van der Waals surface area contributed by atoms with E-state index in [1.165, 1.54) is 12.1 Å². The van der Waals surface area contributed by atoms with Crippen LogP contribution in [0.5, 0.6) is 0 Å². The van der Waals surface area contributed by atoms with Crippen LogP contribution < -0.4 is 11.1 Å². The maximum atomic E-state index is 13.2. The van der Waals surface area contributed by atoms with Crippen molar-refractivity contribution in [3.8, 4) is 11.4 Å². The van der Waals surface area contributed by atoms with Gasteiger partial charge in [-0.1, -0.05) is 29.8 Å². The van der Waals surface area contributed by atoms with Crippen LogP contribution in [0.2, 0.25) is 5.02 Å². The van der Waals surface area contributed by atoms with Gasteiger partial charge in [-0.05, 0) is 37.3 Å². The average Bonchev–Trinajstić information content (AvgIpc) is 3.05. The van der Waals surface area contributed by atoms with Gasteiger partial charge in [0.1, 0.15) is 11.9 Å². The van der Waals surface area contributed by atoms with Crippen molar-refractivity contribution in [1.29, 1.82) is 0 Å². The Morgan fingerprint density at radius 2 is 1.93 bits per heavy atom. The van der Waals surface area contributed by atoms with E-state index in [4.69, 9.17) is 17.3 Å². The summed E-state index contributed by atoms with van der Waals surface area (Å²) in [5.74, 6) is -0.0764. The summed E-state index contributed by atoms with van der Waals surface area (Å²) in [6.45, 7) is 1.75. The topological polar surface area (TPSA) is 85.8 Å². The molecule has 3 aromatic rings. The summed E-state index contributed by atoms with van der Waals surface area (Å²) in [5, 5.41) is 8.09. The summed E-state index contributed by atoms with van der Waals surface area (Å²) < 4.78 is 14.8. The van der Waals surface area contributed by atoms with E-state index < -0.39 is 11.9 Å². The van der Waals surface area contributed by atoms with Crippen LogP contribution in [0.4, 0.5) is 10.3 Å². The SMILES string of the molecule is CC1=C(C(N)=O)[C@H](c2ccccc2Cl)n2nc(-c3ccc(F)cc3)nc2N1. The maximum absolute atomic E-state index is 13.2. The van der Waals surface area contributed by atoms with E-state index in [0.717, 1.165) is 0 Å². The highest BCUT2D eigenvalue weighted by atomic mass is 35.5. The summed E-state index contributed by atoms with van der Waals surface area (Å²) in [6.07, 6.45) is 0. The molecule has 2 aromatic carbocycles. The van der Waals surface area contributed by atoms with Crippen molar-refractivity contribution < 1.29 is 9.18 Å². The van der Waals surface area contributed by atoms with Gasteiger partial charge in [0, 0.05) is 21.8 Å². The maximum Gasteiger partial charge on any atom is 0.248 e. The number of nitrogens with two attached hydrogens (primary N) is 1. The largest absolute Gasteiger partial charge is 0.366 e. The smallest absolute Gasteiger partial charge is 0.248 e. The second kappa shape index (κ2) is 6.51. The van der Waals surface area contributed by atoms with Gasteiger partial charge in [0.15, 0.2) is 5.82 Å². The van der Waals surface area contributed by atoms with Crippen molar-refractivity contribution in [2.45, 2.75) is 13.0 Å². The van der Waals surface area contributed by atoms with Crippen molar-refractivity contribution in [1.82, 2.24) is 14.8 Å². The number of aromatic nitrogens is 3. The quantitative estimate of drug-likeness (QED) is 0.724. The van der Waals surface area contributed by atoms with Crippen molar-refractivity contribution in [3.05, 3.63) is 76.2 Å². The molecular formula is C19H15ClFN5O. The number of anilines is 1. The normalized spacial score (nSPS) is 16.0. The Hall–Kier alpha value is -3.19. The van der Waals surface area contributed by atoms with E-state index in [1.54, 1.807) is 35.9 Å². The molecule has 136 valence electrons. The van der Waals surface area contributed by atoms with Gasteiger partial charge in [0.2, 0.25) is 11.9 Å². The summed E-state index contributed by atoms with van der Waals surface area (Å²) in [7, 11) is 0. The first-order valence-corrected chi connectivity index (χ1v) is 8.58. The number of hydrogen-bond acceptors (Lipinski definition) is 4. The van der Waals surface area contributed by atoms with E-state index >= 15 is 0 Å². The molecule has 1 aliphatic heterocycles. The Labute approximate surface area is 159 Å². The molecule has 3 N–H and O–H groups in total.